The number of halogens is 1. The highest BCUT2D eigenvalue weighted by Gasteiger charge is 2.01. The van der Waals surface area contributed by atoms with E-state index in [4.69, 9.17) is 4.74 Å². The second kappa shape index (κ2) is 12.9. The predicted octanol–water partition coefficient (Wildman–Crippen LogP) is 2.18. The molecule has 0 aliphatic rings. The second-order valence-electron chi connectivity index (χ2n) is 4.36. The van der Waals surface area contributed by atoms with E-state index in [1.165, 1.54) is 7.11 Å². The van der Waals surface area contributed by atoms with Crippen LogP contribution in [0.15, 0.2) is 29.3 Å². The summed E-state index contributed by atoms with van der Waals surface area (Å²) >= 11 is 0. The molecule has 130 valence electrons. The lowest BCUT2D eigenvalue weighted by molar-refractivity contribution is 0.152. The average molecular weight is 436 g/mol. The zero-order valence-corrected chi connectivity index (χ0v) is 16.0. The first kappa shape index (κ1) is 21.4. The monoisotopic (exact) mass is 436 g/mol. The third-order valence-corrected chi connectivity index (χ3v) is 2.81. The van der Waals surface area contributed by atoms with Gasteiger partial charge in [-0.2, -0.15) is 0 Å². The lowest BCUT2D eigenvalue weighted by Gasteiger charge is -2.12. The Kier molecular flexibility index (Phi) is 12.1. The average Bonchev–Trinajstić information content (AvgIpc) is 2.55. The van der Waals surface area contributed by atoms with Crippen LogP contribution in [0.1, 0.15) is 12.5 Å². The van der Waals surface area contributed by atoms with E-state index < -0.39 is 6.09 Å². The van der Waals surface area contributed by atoms with Crippen molar-refractivity contribution in [3.8, 4) is 0 Å². The number of benzene rings is 1. The Morgan fingerprint density at radius 3 is 2.48 bits per heavy atom. The summed E-state index contributed by atoms with van der Waals surface area (Å²) in [5.74, 6) is 0.719. The lowest BCUT2D eigenvalue weighted by Crippen LogP contribution is -2.38. The van der Waals surface area contributed by atoms with E-state index in [1.54, 1.807) is 7.05 Å². The first-order valence-corrected chi connectivity index (χ1v) is 7.15. The molecule has 0 saturated heterocycles. The molecule has 0 heterocycles. The molecule has 0 saturated carbocycles. The molecular formula is C15H25IN4O3. The van der Waals surface area contributed by atoms with Gasteiger partial charge in [-0.1, -0.05) is 12.1 Å². The maximum atomic E-state index is 11.1. The van der Waals surface area contributed by atoms with E-state index in [9.17, 15) is 4.79 Å². The first-order valence-electron chi connectivity index (χ1n) is 7.15. The molecule has 0 aliphatic heterocycles. The van der Waals surface area contributed by atoms with Gasteiger partial charge in [-0.25, -0.2) is 4.79 Å². The van der Waals surface area contributed by atoms with Gasteiger partial charge < -0.3 is 20.1 Å². The van der Waals surface area contributed by atoms with Gasteiger partial charge in [0.1, 0.15) is 0 Å². The number of amides is 1. The minimum absolute atomic E-state index is 0. The number of hydrogen-bond donors (Lipinski definition) is 3. The van der Waals surface area contributed by atoms with Crippen molar-refractivity contribution in [2.45, 2.75) is 13.5 Å². The molecular weight excluding hydrogens is 411 g/mol. The Labute approximate surface area is 154 Å². The Balaban J connectivity index is 0.00000484. The summed E-state index contributed by atoms with van der Waals surface area (Å²) in [6.07, 6.45) is -0.482. The molecule has 3 N–H and O–H groups in total. The van der Waals surface area contributed by atoms with Crippen molar-refractivity contribution in [2.24, 2.45) is 4.99 Å². The number of anilines is 1. The fourth-order valence-corrected chi connectivity index (χ4v) is 1.67. The van der Waals surface area contributed by atoms with Crippen LogP contribution in [0.25, 0.3) is 0 Å². The topological polar surface area (TPSA) is 84.0 Å². The number of aliphatic imine (C=N–C) groups is 1. The molecule has 7 nitrogen and oxygen atoms in total. The fraction of sp³-hybridized carbons (Fsp3) is 0.467. The molecule has 0 aromatic heterocycles. The molecule has 1 rings (SSSR count). The SMILES string of the molecule is CCOCCNC(=NC)NCc1ccc(NC(=O)OC)cc1.I. The van der Waals surface area contributed by atoms with Crippen molar-refractivity contribution in [3.63, 3.8) is 0 Å². The summed E-state index contributed by atoms with van der Waals surface area (Å²) in [7, 11) is 3.05. The first-order chi connectivity index (χ1) is 10.7. The highest BCUT2D eigenvalue weighted by Crippen LogP contribution is 2.09. The number of nitrogens with zero attached hydrogens (tertiary/aromatic N) is 1. The molecule has 0 radical (unpaired) electrons. The molecule has 1 aromatic rings. The van der Waals surface area contributed by atoms with Crippen molar-refractivity contribution in [1.29, 1.82) is 0 Å². The molecule has 1 amide bonds. The summed E-state index contributed by atoms with van der Waals surface area (Å²) in [6, 6.07) is 7.48. The zero-order chi connectivity index (χ0) is 16.2. The highest BCUT2D eigenvalue weighted by molar-refractivity contribution is 14.0. The molecule has 23 heavy (non-hydrogen) atoms. The van der Waals surface area contributed by atoms with Crippen LogP contribution in [0.5, 0.6) is 0 Å². The Bertz CT molecular complexity index is 480. The predicted molar refractivity (Wildman–Crippen MR) is 103 cm³/mol. The smallest absolute Gasteiger partial charge is 0.411 e. The third-order valence-electron chi connectivity index (χ3n) is 2.81. The molecule has 8 heteroatoms. The van der Waals surface area contributed by atoms with E-state index >= 15 is 0 Å². The van der Waals surface area contributed by atoms with Crippen LogP contribution in [-0.4, -0.2) is 46.0 Å². The highest BCUT2D eigenvalue weighted by atomic mass is 127. The minimum atomic E-state index is -0.482. The van der Waals surface area contributed by atoms with Crippen molar-refractivity contribution in [3.05, 3.63) is 29.8 Å². The van der Waals surface area contributed by atoms with E-state index in [-0.39, 0.29) is 24.0 Å². The van der Waals surface area contributed by atoms with Gasteiger partial charge in [-0.15, -0.1) is 24.0 Å². The molecule has 0 spiro atoms. The quantitative estimate of drug-likeness (QED) is 0.264. The van der Waals surface area contributed by atoms with Gasteiger partial charge in [0.15, 0.2) is 5.96 Å². The van der Waals surface area contributed by atoms with E-state index in [0.29, 0.717) is 32.0 Å². The van der Waals surface area contributed by atoms with Crippen molar-refractivity contribution in [2.75, 3.05) is 39.2 Å². The van der Waals surface area contributed by atoms with Crippen molar-refractivity contribution in [1.82, 2.24) is 10.6 Å². The summed E-state index contributed by atoms with van der Waals surface area (Å²) in [6.45, 7) is 4.65. The normalized spacial score (nSPS) is 10.5. The zero-order valence-electron chi connectivity index (χ0n) is 13.7. The molecule has 0 bridgehead atoms. The number of rotatable bonds is 7. The molecule has 1 aromatic carbocycles. The second-order valence-corrected chi connectivity index (χ2v) is 4.36. The fourth-order valence-electron chi connectivity index (χ4n) is 1.67. The number of ether oxygens (including phenoxy) is 2. The Hall–Kier alpha value is -1.55. The van der Waals surface area contributed by atoms with Crippen LogP contribution in [0, 0.1) is 0 Å². The van der Waals surface area contributed by atoms with E-state index in [0.717, 1.165) is 11.5 Å². The summed E-state index contributed by atoms with van der Waals surface area (Å²) in [5.41, 5.74) is 1.76. The van der Waals surface area contributed by atoms with Crippen molar-refractivity contribution < 1.29 is 14.3 Å². The molecule has 0 aliphatic carbocycles. The summed E-state index contributed by atoms with van der Waals surface area (Å²) in [5, 5.41) is 8.97. The maximum Gasteiger partial charge on any atom is 0.411 e. The number of hydrogen-bond acceptors (Lipinski definition) is 4. The van der Waals surface area contributed by atoms with Crippen LogP contribution in [-0.2, 0) is 16.0 Å². The number of carbonyl (C=O) groups is 1. The number of nitrogens with one attached hydrogen (secondary N) is 3. The Morgan fingerprint density at radius 2 is 1.91 bits per heavy atom. The molecule has 0 unspecified atom stereocenters. The van der Waals surface area contributed by atoms with Crippen LogP contribution in [0.4, 0.5) is 10.5 Å². The van der Waals surface area contributed by atoms with Crippen LogP contribution in [0.2, 0.25) is 0 Å². The van der Waals surface area contributed by atoms with Crippen LogP contribution >= 0.6 is 24.0 Å². The standard InChI is InChI=1S/C15H24N4O3.HI/c1-4-22-10-9-17-14(16-2)18-11-12-5-7-13(8-6-12)19-15(20)21-3;/h5-8H,4,9-11H2,1-3H3,(H,19,20)(H2,16,17,18);1H. The Morgan fingerprint density at radius 1 is 1.22 bits per heavy atom. The third kappa shape index (κ3) is 9.24. The largest absolute Gasteiger partial charge is 0.453 e. The molecule has 0 atom stereocenters. The number of guanidine groups is 1. The van der Waals surface area contributed by atoms with E-state index in [1.807, 2.05) is 31.2 Å². The van der Waals surface area contributed by atoms with Gasteiger partial charge in [0.2, 0.25) is 0 Å². The minimum Gasteiger partial charge on any atom is -0.453 e. The van der Waals surface area contributed by atoms with Gasteiger partial charge in [0.05, 0.1) is 13.7 Å². The van der Waals surface area contributed by atoms with Crippen molar-refractivity contribution >= 4 is 41.7 Å². The van der Waals surface area contributed by atoms with Gasteiger partial charge in [-0.3, -0.25) is 10.3 Å². The summed E-state index contributed by atoms with van der Waals surface area (Å²) < 4.78 is 9.79. The number of methoxy groups -OCH3 is 1. The lowest BCUT2D eigenvalue weighted by atomic mass is 10.2. The van der Waals surface area contributed by atoms with E-state index in [2.05, 4.69) is 25.7 Å². The van der Waals surface area contributed by atoms with Crippen LogP contribution in [0.3, 0.4) is 0 Å². The number of carbonyl (C=O) groups excluding carboxylic acids is 1. The van der Waals surface area contributed by atoms with Gasteiger partial charge in [0, 0.05) is 32.4 Å². The van der Waals surface area contributed by atoms with Crippen LogP contribution < -0.4 is 16.0 Å². The van der Waals surface area contributed by atoms with Gasteiger partial charge >= 0.3 is 6.09 Å². The van der Waals surface area contributed by atoms with Gasteiger partial charge in [-0.05, 0) is 24.6 Å². The summed E-state index contributed by atoms with van der Waals surface area (Å²) in [4.78, 5) is 15.2. The molecule has 0 fully saturated rings. The maximum absolute atomic E-state index is 11.1. The van der Waals surface area contributed by atoms with Gasteiger partial charge in [0.25, 0.3) is 0 Å².